The highest BCUT2D eigenvalue weighted by atomic mass is 32.2. The van der Waals surface area contributed by atoms with Gasteiger partial charge in [0, 0.05) is 5.56 Å². The van der Waals surface area contributed by atoms with Crippen LogP contribution in [0.25, 0.3) is 0 Å². The largest absolute Gasteiger partial charge is 0.417 e. The average molecular weight is 516 g/mol. The summed E-state index contributed by atoms with van der Waals surface area (Å²) in [5.41, 5.74) is -0.963. The van der Waals surface area contributed by atoms with Crippen molar-refractivity contribution in [2.24, 2.45) is 5.10 Å². The van der Waals surface area contributed by atoms with Gasteiger partial charge in [-0.15, -0.1) is 0 Å². The summed E-state index contributed by atoms with van der Waals surface area (Å²) in [6.45, 7) is 0. The van der Waals surface area contributed by atoms with Gasteiger partial charge in [0.25, 0.3) is 5.91 Å². The number of hydrogen-bond acceptors (Lipinski definition) is 5. The van der Waals surface area contributed by atoms with Gasteiger partial charge in [0.15, 0.2) is 5.75 Å². The van der Waals surface area contributed by atoms with Gasteiger partial charge in [0.2, 0.25) is 0 Å². The van der Waals surface area contributed by atoms with Gasteiger partial charge in [0.1, 0.15) is 4.90 Å². The Hall–Kier alpha value is -3.87. The highest BCUT2D eigenvalue weighted by Crippen LogP contribution is 2.32. The van der Waals surface area contributed by atoms with Crippen LogP contribution in [0.4, 0.5) is 26.3 Å². The summed E-state index contributed by atoms with van der Waals surface area (Å²) < 4.78 is 107. The van der Waals surface area contributed by atoms with E-state index in [0.29, 0.717) is 12.1 Å². The molecule has 0 fully saturated rings. The molecule has 0 aromatic heterocycles. The van der Waals surface area contributed by atoms with E-state index >= 15 is 0 Å². The Bertz CT molecular complexity index is 1350. The van der Waals surface area contributed by atoms with Gasteiger partial charge in [-0.3, -0.25) is 4.79 Å². The molecule has 0 atom stereocenters. The number of nitrogens with zero attached hydrogens (tertiary/aromatic N) is 1. The van der Waals surface area contributed by atoms with E-state index in [-0.39, 0.29) is 11.3 Å². The van der Waals surface area contributed by atoms with E-state index in [0.717, 1.165) is 36.5 Å². The Balaban J connectivity index is 1.78. The lowest BCUT2D eigenvalue weighted by atomic mass is 10.1. The number of alkyl halides is 6. The molecule has 13 heteroatoms. The Morgan fingerprint density at radius 1 is 0.829 bits per heavy atom. The summed E-state index contributed by atoms with van der Waals surface area (Å²) in [4.78, 5) is 11.6. The van der Waals surface area contributed by atoms with Crippen molar-refractivity contribution < 1.29 is 43.7 Å². The second-order valence-corrected chi connectivity index (χ2v) is 8.39. The fourth-order valence-electron chi connectivity index (χ4n) is 2.79. The molecule has 0 bridgehead atoms. The fraction of sp³-hybridized carbons (Fsp3) is 0.0909. The molecule has 0 unspecified atom stereocenters. The summed E-state index contributed by atoms with van der Waals surface area (Å²) in [5, 5.41) is 3.55. The number of hydrazone groups is 1. The van der Waals surface area contributed by atoms with Crippen molar-refractivity contribution in [3.05, 3.63) is 95.1 Å². The van der Waals surface area contributed by atoms with Crippen molar-refractivity contribution in [3.8, 4) is 5.75 Å². The van der Waals surface area contributed by atoms with Crippen molar-refractivity contribution in [1.29, 1.82) is 0 Å². The molecule has 3 aromatic rings. The van der Waals surface area contributed by atoms with Crippen molar-refractivity contribution in [2.75, 3.05) is 0 Å². The van der Waals surface area contributed by atoms with Crippen molar-refractivity contribution >= 4 is 22.2 Å². The molecule has 35 heavy (non-hydrogen) atoms. The number of para-hydroxylation sites is 1. The zero-order valence-corrected chi connectivity index (χ0v) is 18.1. The van der Waals surface area contributed by atoms with E-state index in [1.807, 2.05) is 5.43 Å². The van der Waals surface area contributed by atoms with Crippen LogP contribution in [0, 0.1) is 0 Å². The van der Waals surface area contributed by atoms with Crippen LogP contribution in [0.15, 0.2) is 82.8 Å². The minimum atomic E-state index is -4.77. The van der Waals surface area contributed by atoms with Crippen LogP contribution in [0.5, 0.6) is 5.75 Å². The first-order chi connectivity index (χ1) is 16.3. The van der Waals surface area contributed by atoms with Gasteiger partial charge in [-0.1, -0.05) is 24.3 Å². The second-order valence-electron chi connectivity index (χ2n) is 6.84. The number of hydrogen-bond donors (Lipinski definition) is 1. The Kier molecular flexibility index (Phi) is 7.19. The second kappa shape index (κ2) is 9.78. The molecule has 0 spiro atoms. The molecule has 0 aliphatic carbocycles. The molecular formula is C22H14F6N2O4S. The quantitative estimate of drug-likeness (QED) is 0.210. The van der Waals surface area contributed by atoms with E-state index in [9.17, 15) is 39.6 Å². The molecule has 3 aromatic carbocycles. The molecule has 3 rings (SSSR count). The third-order valence-electron chi connectivity index (χ3n) is 4.44. The third-order valence-corrected chi connectivity index (χ3v) is 5.68. The number of nitrogens with one attached hydrogen (secondary N) is 1. The van der Waals surface area contributed by atoms with E-state index in [4.69, 9.17) is 4.18 Å². The number of amides is 1. The third kappa shape index (κ3) is 6.38. The van der Waals surface area contributed by atoms with Gasteiger partial charge in [-0.05, 0) is 48.5 Å². The predicted octanol–water partition coefficient (Wildman–Crippen LogP) is 5.26. The molecule has 1 amide bonds. The lowest BCUT2D eigenvalue weighted by molar-refractivity contribution is -0.138. The van der Waals surface area contributed by atoms with Gasteiger partial charge >= 0.3 is 22.5 Å². The maximum absolute atomic E-state index is 13.1. The molecule has 0 aliphatic heterocycles. The first-order valence-corrected chi connectivity index (χ1v) is 10.9. The van der Waals surface area contributed by atoms with Gasteiger partial charge < -0.3 is 4.18 Å². The molecule has 1 N–H and O–H groups in total. The molecule has 184 valence electrons. The zero-order chi connectivity index (χ0) is 25.9. The summed E-state index contributed by atoms with van der Waals surface area (Å²) in [6, 6.07) is 12.1. The molecule has 0 saturated carbocycles. The van der Waals surface area contributed by atoms with Crippen LogP contribution in [-0.2, 0) is 22.5 Å². The van der Waals surface area contributed by atoms with Crippen LogP contribution >= 0.6 is 0 Å². The van der Waals surface area contributed by atoms with E-state index in [1.54, 1.807) is 0 Å². The summed E-state index contributed by atoms with van der Waals surface area (Å²) in [6.07, 6.45) is -8.49. The SMILES string of the molecule is O=C(NN=Cc1ccccc1OS(=O)(=O)c1ccc(C(F)(F)F)cc1)c1ccccc1C(F)(F)F. The number of halogens is 6. The van der Waals surface area contributed by atoms with Crippen molar-refractivity contribution in [1.82, 2.24) is 5.43 Å². The number of benzene rings is 3. The molecule has 0 aliphatic rings. The molecule has 0 radical (unpaired) electrons. The van der Waals surface area contributed by atoms with E-state index in [1.165, 1.54) is 30.3 Å². The first-order valence-electron chi connectivity index (χ1n) is 9.49. The number of carbonyl (C=O) groups excluding carboxylic acids is 1. The maximum atomic E-state index is 13.1. The lowest BCUT2D eigenvalue weighted by Crippen LogP contribution is -2.22. The van der Waals surface area contributed by atoms with Crippen LogP contribution in [0.2, 0.25) is 0 Å². The minimum absolute atomic E-state index is 0.00685. The van der Waals surface area contributed by atoms with Crippen LogP contribution in [-0.4, -0.2) is 20.5 Å². The van der Waals surface area contributed by atoms with Crippen LogP contribution < -0.4 is 9.61 Å². The molecule has 0 heterocycles. The average Bonchev–Trinajstić information content (AvgIpc) is 2.79. The zero-order valence-electron chi connectivity index (χ0n) is 17.3. The maximum Gasteiger partial charge on any atom is 0.417 e. The van der Waals surface area contributed by atoms with E-state index < -0.39 is 50.0 Å². The molecule has 0 saturated heterocycles. The Morgan fingerprint density at radius 2 is 1.43 bits per heavy atom. The smallest absolute Gasteiger partial charge is 0.378 e. The predicted molar refractivity (Wildman–Crippen MR) is 112 cm³/mol. The number of carbonyl (C=O) groups is 1. The summed E-state index contributed by atoms with van der Waals surface area (Å²) in [7, 11) is -4.55. The highest BCUT2D eigenvalue weighted by Gasteiger charge is 2.35. The summed E-state index contributed by atoms with van der Waals surface area (Å²) >= 11 is 0. The van der Waals surface area contributed by atoms with Crippen molar-refractivity contribution in [3.63, 3.8) is 0 Å². The topological polar surface area (TPSA) is 84.8 Å². The standard InChI is InChI=1S/C22H14F6N2O4S/c23-21(24,25)15-9-11-16(12-10-15)35(32,33)34-19-8-4-1-5-14(19)13-29-30-20(31)17-6-2-3-7-18(17)22(26,27)28/h1-13H,(H,30,31). The Morgan fingerprint density at radius 3 is 2.06 bits per heavy atom. The van der Waals surface area contributed by atoms with Crippen LogP contribution in [0.3, 0.4) is 0 Å². The first kappa shape index (κ1) is 25.7. The van der Waals surface area contributed by atoms with Crippen LogP contribution in [0.1, 0.15) is 27.0 Å². The van der Waals surface area contributed by atoms with Crippen molar-refractivity contribution in [2.45, 2.75) is 17.2 Å². The van der Waals surface area contributed by atoms with Gasteiger partial charge in [0.05, 0.1) is 22.9 Å². The molecular weight excluding hydrogens is 502 g/mol. The van der Waals surface area contributed by atoms with Gasteiger partial charge in [-0.2, -0.15) is 39.9 Å². The lowest BCUT2D eigenvalue weighted by Gasteiger charge is -2.11. The van der Waals surface area contributed by atoms with Gasteiger partial charge in [-0.25, -0.2) is 5.43 Å². The number of rotatable bonds is 6. The Labute approximate surface area is 195 Å². The highest BCUT2D eigenvalue weighted by molar-refractivity contribution is 7.87. The van der Waals surface area contributed by atoms with E-state index in [2.05, 4.69) is 5.10 Å². The normalized spacial score (nSPS) is 12.5. The monoisotopic (exact) mass is 516 g/mol. The minimum Gasteiger partial charge on any atom is -0.378 e. The fourth-order valence-corrected chi connectivity index (χ4v) is 3.74. The molecule has 6 nitrogen and oxygen atoms in total. The summed E-state index contributed by atoms with van der Waals surface area (Å²) in [5.74, 6) is -1.45.